The molecule has 0 unspecified atom stereocenters. The Hall–Kier alpha value is -1.57. The molecule has 2 aromatic rings. The average molecular weight is 330 g/mol. The second-order valence-electron chi connectivity index (χ2n) is 4.47. The van der Waals surface area contributed by atoms with Gasteiger partial charge in [-0.25, -0.2) is 17.5 Å². The molecule has 1 aromatic heterocycles. The molecule has 0 atom stereocenters. The highest BCUT2D eigenvalue weighted by molar-refractivity contribution is 7.88. The fourth-order valence-electron chi connectivity index (χ4n) is 1.59. The maximum Gasteiger partial charge on any atom is 0.216 e. The van der Waals surface area contributed by atoms with Gasteiger partial charge < -0.3 is 0 Å². The van der Waals surface area contributed by atoms with Gasteiger partial charge in [0.15, 0.2) is 0 Å². The van der Waals surface area contributed by atoms with Crippen molar-refractivity contribution in [1.82, 2.24) is 14.7 Å². The summed E-state index contributed by atoms with van der Waals surface area (Å²) >= 11 is 5.62. The predicted molar refractivity (Wildman–Crippen MR) is 77.6 cm³/mol. The first-order valence-electron chi connectivity index (χ1n) is 6.04. The summed E-state index contributed by atoms with van der Waals surface area (Å²) in [6, 6.07) is 3.88. The second kappa shape index (κ2) is 6.46. The van der Waals surface area contributed by atoms with E-state index in [-0.39, 0.29) is 17.1 Å². The molecular weight excluding hydrogens is 317 g/mol. The molecule has 0 fully saturated rings. The monoisotopic (exact) mass is 329 g/mol. The molecule has 0 spiro atoms. The van der Waals surface area contributed by atoms with E-state index in [1.54, 1.807) is 13.1 Å². The number of nitrogens with one attached hydrogen (secondary N) is 1. The molecule has 112 valence electrons. The van der Waals surface area contributed by atoms with Crippen LogP contribution >= 0.6 is 11.6 Å². The van der Waals surface area contributed by atoms with Crippen molar-refractivity contribution in [1.29, 1.82) is 0 Å². The van der Waals surface area contributed by atoms with Crippen molar-refractivity contribution in [3.05, 3.63) is 58.4 Å². The van der Waals surface area contributed by atoms with Gasteiger partial charge in [0, 0.05) is 16.8 Å². The van der Waals surface area contributed by atoms with Gasteiger partial charge in [0.1, 0.15) is 5.82 Å². The van der Waals surface area contributed by atoms with Gasteiger partial charge in [-0.3, -0.25) is 9.97 Å². The zero-order valence-corrected chi connectivity index (χ0v) is 12.7. The Balaban J connectivity index is 2.03. The highest BCUT2D eigenvalue weighted by atomic mass is 35.5. The molecule has 5 nitrogen and oxygen atoms in total. The molecule has 0 aliphatic rings. The lowest BCUT2D eigenvalue weighted by atomic mass is 10.2. The molecule has 0 saturated heterocycles. The normalized spacial score (nSPS) is 11.6. The van der Waals surface area contributed by atoms with E-state index >= 15 is 0 Å². The van der Waals surface area contributed by atoms with Crippen LogP contribution in [0.5, 0.6) is 0 Å². The fraction of sp³-hybridized carbons (Fsp3) is 0.231. The summed E-state index contributed by atoms with van der Waals surface area (Å²) in [6.45, 7) is 1.79. The highest BCUT2D eigenvalue weighted by Gasteiger charge is 2.15. The second-order valence-corrected chi connectivity index (χ2v) is 6.71. The first-order valence-corrected chi connectivity index (χ1v) is 8.07. The standard InChI is InChI=1S/C13H13ClFN3O2S/c1-9-5-17-12(6-16-9)7-18-21(19,20)8-10-2-3-11(14)4-13(10)15/h2-6,18H,7-8H2,1H3. The van der Waals surface area contributed by atoms with Crippen LogP contribution in [0.2, 0.25) is 5.02 Å². The number of hydrogen-bond donors (Lipinski definition) is 1. The van der Waals surface area contributed by atoms with Gasteiger partial charge in [0.25, 0.3) is 0 Å². The van der Waals surface area contributed by atoms with Gasteiger partial charge in [-0.05, 0) is 19.1 Å². The molecule has 1 aromatic carbocycles. The zero-order valence-electron chi connectivity index (χ0n) is 11.2. The molecular formula is C13H13ClFN3O2S. The Morgan fingerprint density at radius 1 is 1.29 bits per heavy atom. The van der Waals surface area contributed by atoms with Crippen LogP contribution in [0.4, 0.5) is 4.39 Å². The van der Waals surface area contributed by atoms with Gasteiger partial charge >= 0.3 is 0 Å². The molecule has 21 heavy (non-hydrogen) atoms. The minimum Gasteiger partial charge on any atom is -0.258 e. The average Bonchev–Trinajstić information content (AvgIpc) is 2.41. The lowest BCUT2D eigenvalue weighted by Gasteiger charge is -2.07. The fourth-order valence-corrected chi connectivity index (χ4v) is 2.86. The minimum absolute atomic E-state index is 0.00478. The van der Waals surface area contributed by atoms with Gasteiger partial charge in [0.05, 0.1) is 29.9 Å². The third-order valence-electron chi connectivity index (χ3n) is 2.67. The number of aryl methyl sites for hydroxylation is 1. The van der Waals surface area contributed by atoms with Crippen molar-refractivity contribution in [3.8, 4) is 0 Å². The molecule has 1 heterocycles. The highest BCUT2D eigenvalue weighted by Crippen LogP contribution is 2.16. The summed E-state index contributed by atoms with van der Waals surface area (Å²) in [5.41, 5.74) is 1.28. The van der Waals surface area contributed by atoms with E-state index in [1.807, 2.05) is 0 Å². The van der Waals surface area contributed by atoms with E-state index in [2.05, 4.69) is 14.7 Å². The van der Waals surface area contributed by atoms with Crippen LogP contribution in [0.3, 0.4) is 0 Å². The van der Waals surface area contributed by atoms with Crippen molar-refractivity contribution in [2.75, 3.05) is 0 Å². The number of nitrogens with zero attached hydrogens (tertiary/aromatic N) is 2. The maximum atomic E-state index is 13.6. The summed E-state index contributed by atoms with van der Waals surface area (Å²) in [5, 5.41) is 0.219. The summed E-state index contributed by atoms with van der Waals surface area (Å²) < 4.78 is 39.8. The molecule has 0 radical (unpaired) electrons. The summed E-state index contributed by atoms with van der Waals surface area (Å²) in [4.78, 5) is 8.05. The third-order valence-corrected chi connectivity index (χ3v) is 4.18. The number of halogens is 2. The molecule has 0 saturated carbocycles. The topological polar surface area (TPSA) is 72.0 Å². The number of rotatable bonds is 5. The van der Waals surface area contributed by atoms with Crippen LogP contribution in [0.1, 0.15) is 17.0 Å². The molecule has 1 N–H and O–H groups in total. The van der Waals surface area contributed by atoms with Crippen LogP contribution in [-0.4, -0.2) is 18.4 Å². The maximum absolute atomic E-state index is 13.6. The molecule has 2 rings (SSSR count). The van der Waals surface area contributed by atoms with Crippen molar-refractivity contribution >= 4 is 21.6 Å². The smallest absolute Gasteiger partial charge is 0.216 e. The Bertz CT molecular complexity index is 736. The first kappa shape index (κ1) is 15.8. The molecule has 0 aliphatic carbocycles. The van der Waals surface area contributed by atoms with E-state index in [1.165, 1.54) is 18.3 Å². The van der Waals surface area contributed by atoms with Crippen molar-refractivity contribution < 1.29 is 12.8 Å². The molecule has 0 bridgehead atoms. The van der Waals surface area contributed by atoms with Gasteiger partial charge in [-0.15, -0.1) is 0 Å². The largest absolute Gasteiger partial charge is 0.258 e. The molecule has 8 heteroatoms. The van der Waals surface area contributed by atoms with Crippen molar-refractivity contribution in [2.24, 2.45) is 0 Å². The third kappa shape index (κ3) is 4.73. The van der Waals surface area contributed by atoms with Crippen molar-refractivity contribution in [2.45, 2.75) is 19.2 Å². The van der Waals surface area contributed by atoms with Crippen molar-refractivity contribution in [3.63, 3.8) is 0 Å². The van der Waals surface area contributed by atoms with Gasteiger partial charge in [-0.2, -0.15) is 0 Å². The van der Waals surface area contributed by atoms with E-state index < -0.39 is 21.6 Å². The van der Waals surface area contributed by atoms with Crippen LogP contribution < -0.4 is 4.72 Å². The van der Waals surface area contributed by atoms with Crippen LogP contribution in [-0.2, 0) is 22.3 Å². The number of aromatic nitrogens is 2. The van der Waals surface area contributed by atoms with Crippen LogP contribution in [0, 0.1) is 12.7 Å². The van der Waals surface area contributed by atoms with Gasteiger partial charge in [0.2, 0.25) is 10.0 Å². The first-order chi connectivity index (χ1) is 9.85. The van der Waals surface area contributed by atoms with E-state index in [0.29, 0.717) is 5.69 Å². The number of hydrogen-bond acceptors (Lipinski definition) is 4. The van der Waals surface area contributed by atoms with Crippen LogP contribution in [0.15, 0.2) is 30.6 Å². The SMILES string of the molecule is Cc1cnc(CNS(=O)(=O)Cc2ccc(Cl)cc2F)cn1. The lowest BCUT2D eigenvalue weighted by Crippen LogP contribution is -2.25. The Labute approximate surface area is 127 Å². The summed E-state index contributed by atoms with van der Waals surface area (Å²) in [7, 11) is -3.68. The molecule has 0 amide bonds. The van der Waals surface area contributed by atoms with E-state index in [9.17, 15) is 12.8 Å². The van der Waals surface area contributed by atoms with E-state index in [4.69, 9.17) is 11.6 Å². The Morgan fingerprint density at radius 3 is 2.67 bits per heavy atom. The summed E-state index contributed by atoms with van der Waals surface area (Å²) in [5.74, 6) is -1.11. The predicted octanol–water partition coefficient (Wildman–Crippen LogP) is 2.20. The summed E-state index contributed by atoms with van der Waals surface area (Å²) in [6.07, 6.45) is 3.03. The number of benzene rings is 1. The lowest BCUT2D eigenvalue weighted by molar-refractivity contribution is 0.573. The quantitative estimate of drug-likeness (QED) is 0.912. The number of sulfonamides is 1. The van der Waals surface area contributed by atoms with E-state index in [0.717, 1.165) is 11.8 Å². The van der Waals surface area contributed by atoms with Crippen LogP contribution in [0.25, 0.3) is 0 Å². The van der Waals surface area contributed by atoms with Gasteiger partial charge in [-0.1, -0.05) is 17.7 Å². The zero-order chi connectivity index (χ0) is 15.5. The molecule has 0 aliphatic heterocycles. The Kier molecular flexibility index (Phi) is 4.87. The Morgan fingerprint density at radius 2 is 2.05 bits per heavy atom. The minimum atomic E-state index is -3.68.